The topological polar surface area (TPSA) is 78.9 Å². The number of hydrogen-bond acceptors (Lipinski definition) is 6. The monoisotopic (exact) mass is 496 g/mol. The Bertz CT molecular complexity index is 535. The largest absolute Gasteiger partial charge is 0.462 e. The van der Waals surface area contributed by atoms with E-state index in [0.29, 0.717) is 32.1 Å². The number of carbonyl (C=O) groups is 3. The third kappa shape index (κ3) is 23.7. The molecular formula is C29H52O6. The zero-order valence-electron chi connectivity index (χ0n) is 22.8. The number of esters is 3. The van der Waals surface area contributed by atoms with Gasteiger partial charge in [0.1, 0.15) is 13.2 Å². The van der Waals surface area contributed by atoms with Crippen LogP contribution >= 0.6 is 0 Å². The smallest absolute Gasteiger partial charge is 0.306 e. The molecule has 0 saturated heterocycles. The number of rotatable bonds is 24. The van der Waals surface area contributed by atoms with Gasteiger partial charge in [-0.2, -0.15) is 0 Å². The number of hydrogen-bond donors (Lipinski definition) is 0. The van der Waals surface area contributed by atoms with E-state index in [9.17, 15) is 14.4 Å². The fraction of sp³-hybridized carbons (Fsp3) is 0.828. The van der Waals surface area contributed by atoms with Crippen LogP contribution in [0.2, 0.25) is 0 Å². The minimum atomic E-state index is -0.757. The van der Waals surface area contributed by atoms with E-state index in [1.807, 2.05) is 13.8 Å². The summed E-state index contributed by atoms with van der Waals surface area (Å²) in [6.07, 6.45) is 21.8. The van der Waals surface area contributed by atoms with E-state index in [0.717, 1.165) is 25.7 Å². The van der Waals surface area contributed by atoms with Crippen LogP contribution in [0.5, 0.6) is 0 Å². The predicted molar refractivity (Wildman–Crippen MR) is 141 cm³/mol. The summed E-state index contributed by atoms with van der Waals surface area (Å²) in [5.41, 5.74) is 0. The van der Waals surface area contributed by atoms with Crippen LogP contribution in [0, 0.1) is 0 Å². The molecule has 0 atom stereocenters. The molecule has 0 unspecified atom stereocenters. The Morgan fingerprint density at radius 3 is 1.49 bits per heavy atom. The van der Waals surface area contributed by atoms with Gasteiger partial charge in [0.15, 0.2) is 6.10 Å². The van der Waals surface area contributed by atoms with Crippen molar-refractivity contribution in [1.82, 2.24) is 0 Å². The van der Waals surface area contributed by atoms with Gasteiger partial charge in [-0.05, 0) is 44.9 Å². The SMILES string of the molecule is CCCCCCCC/C=C/CCCCCCCC(=O)OC(COC(=O)CCC)COC(=O)CCC. The lowest BCUT2D eigenvalue weighted by Crippen LogP contribution is -2.30. The molecule has 6 heteroatoms. The predicted octanol–water partition coefficient (Wildman–Crippen LogP) is 7.62. The quantitative estimate of drug-likeness (QED) is 0.0592. The third-order valence-electron chi connectivity index (χ3n) is 5.71. The lowest BCUT2D eigenvalue weighted by Gasteiger charge is -2.18. The molecule has 0 aromatic rings. The maximum Gasteiger partial charge on any atom is 0.306 e. The van der Waals surface area contributed by atoms with Crippen LogP contribution in [-0.2, 0) is 28.6 Å². The van der Waals surface area contributed by atoms with E-state index in [-0.39, 0.29) is 31.1 Å². The van der Waals surface area contributed by atoms with Crippen LogP contribution in [0.15, 0.2) is 12.2 Å². The van der Waals surface area contributed by atoms with Gasteiger partial charge < -0.3 is 14.2 Å². The Labute approximate surface area is 214 Å². The first-order chi connectivity index (χ1) is 17.0. The molecule has 0 aromatic carbocycles. The van der Waals surface area contributed by atoms with Crippen molar-refractivity contribution in [3.05, 3.63) is 12.2 Å². The average molecular weight is 497 g/mol. The lowest BCUT2D eigenvalue weighted by molar-refractivity contribution is -0.166. The maximum atomic E-state index is 12.2. The normalized spacial score (nSPS) is 11.2. The summed E-state index contributed by atoms with van der Waals surface area (Å²) in [5.74, 6) is -1.03. The molecule has 0 aromatic heterocycles. The van der Waals surface area contributed by atoms with Gasteiger partial charge in [0.05, 0.1) is 0 Å². The fourth-order valence-corrected chi connectivity index (χ4v) is 3.63. The summed E-state index contributed by atoms with van der Waals surface area (Å²) < 4.78 is 15.7. The first-order valence-corrected chi connectivity index (χ1v) is 14.2. The van der Waals surface area contributed by atoms with Gasteiger partial charge in [0, 0.05) is 19.3 Å². The second-order valence-corrected chi connectivity index (χ2v) is 9.31. The Kier molecular flexibility index (Phi) is 23.9. The van der Waals surface area contributed by atoms with Crippen molar-refractivity contribution in [3.63, 3.8) is 0 Å². The molecule has 0 radical (unpaired) electrons. The molecule has 0 spiro atoms. The van der Waals surface area contributed by atoms with Crippen molar-refractivity contribution in [3.8, 4) is 0 Å². The molecule has 0 amide bonds. The van der Waals surface area contributed by atoms with Crippen LogP contribution in [0.1, 0.15) is 136 Å². The maximum absolute atomic E-state index is 12.2. The summed E-state index contributed by atoms with van der Waals surface area (Å²) in [6, 6.07) is 0. The second kappa shape index (κ2) is 25.2. The summed E-state index contributed by atoms with van der Waals surface area (Å²) in [6.45, 7) is 5.85. The molecule has 0 fully saturated rings. The molecule has 35 heavy (non-hydrogen) atoms. The molecule has 204 valence electrons. The van der Waals surface area contributed by atoms with Crippen molar-refractivity contribution in [1.29, 1.82) is 0 Å². The van der Waals surface area contributed by atoms with Gasteiger partial charge in [-0.3, -0.25) is 14.4 Å². The number of allylic oxidation sites excluding steroid dienone is 2. The second-order valence-electron chi connectivity index (χ2n) is 9.31. The average Bonchev–Trinajstić information content (AvgIpc) is 2.83. The third-order valence-corrected chi connectivity index (χ3v) is 5.71. The summed E-state index contributed by atoms with van der Waals surface area (Å²) in [7, 11) is 0. The minimum Gasteiger partial charge on any atom is -0.462 e. The standard InChI is InChI=1S/C29H52O6/c1-4-7-8-9-10-11-12-13-14-15-16-17-18-19-20-23-29(32)35-26(24-33-27(30)21-5-2)25-34-28(31)22-6-3/h13-14,26H,4-12,15-25H2,1-3H3/b14-13+. The molecule has 0 aliphatic carbocycles. The molecule has 0 heterocycles. The Morgan fingerprint density at radius 1 is 0.543 bits per heavy atom. The van der Waals surface area contributed by atoms with Crippen molar-refractivity contribution in [2.45, 2.75) is 142 Å². The van der Waals surface area contributed by atoms with E-state index in [1.54, 1.807) is 0 Å². The van der Waals surface area contributed by atoms with Crippen LogP contribution in [0.3, 0.4) is 0 Å². The number of ether oxygens (including phenoxy) is 3. The first kappa shape index (κ1) is 33.1. The van der Waals surface area contributed by atoms with Gasteiger partial charge >= 0.3 is 17.9 Å². The van der Waals surface area contributed by atoms with Crippen molar-refractivity contribution in [2.75, 3.05) is 13.2 Å². The van der Waals surface area contributed by atoms with Crippen molar-refractivity contribution < 1.29 is 28.6 Å². The molecule has 0 aliphatic heterocycles. The zero-order chi connectivity index (χ0) is 26.0. The van der Waals surface area contributed by atoms with Gasteiger partial charge in [0.2, 0.25) is 0 Å². The van der Waals surface area contributed by atoms with Gasteiger partial charge in [-0.25, -0.2) is 0 Å². The minimum absolute atomic E-state index is 0.0870. The highest BCUT2D eigenvalue weighted by Gasteiger charge is 2.19. The van der Waals surface area contributed by atoms with Gasteiger partial charge in [-0.15, -0.1) is 0 Å². The van der Waals surface area contributed by atoms with Crippen LogP contribution in [-0.4, -0.2) is 37.2 Å². The highest BCUT2D eigenvalue weighted by Crippen LogP contribution is 2.11. The summed E-state index contributed by atoms with van der Waals surface area (Å²) in [5, 5.41) is 0. The van der Waals surface area contributed by atoms with Crippen LogP contribution < -0.4 is 0 Å². The molecular weight excluding hydrogens is 444 g/mol. The number of unbranched alkanes of at least 4 members (excludes halogenated alkanes) is 11. The van der Waals surface area contributed by atoms with Gasteiger partial charge in [0.25, 0.3) is 0 Å². The molecule has 0 saturated carbocycles. The van der Waals surface area contributed by atoms with E-state index >= 15 is 0 Å². The highest BCUT2D eigenvalue weighted by molar-refractivity contribution is 5.71. The van der Waals surface area contributed by atoms with E-state index in [4.69, 9.17) is 14.2 Å². The van der Waals surface area contributed by atoms with Gasteiger partial charge in [-0.1, -0.05) is 84.3 Å². The van der Waals surface area contributed by atoms with E-state index in [1.165, 1.54) is 57.8 Å². The fourth-order valence-electron chi connectivity index (χ4n) is 3.63. The molecule has 0 bridgehead atoms. The zero-order valence-corrected chi connectivity index (χ0v) is 22.8. The molecule has 0 aliphatic rings. The Balaban J connectivity index is 3.91. The summed E-state index contributed by atoms with van der Waals surface area (Å²) >= 11 is 0. The van der Waals surface area contributed by atoms with Crippen molar-refractivity contribution in [2.24, 2.45) is 0 Å². The molecule has 0 N–H and O–H groups in total. The summed E-state index contributed by atoms with van der Waals surface area (Å²) in [4.78, 5) is 35.5. The molecule has 6 nitrogen and oxygen atoms in total. The highest BCUT2D eigenvalue weighted by atomic mass is 16.6. The van der Waals surface area contributed by atoms with E-state index in [2.05, 4.69) is 19.1 Å². The van der Waals surface area contributed by atoms with Crippen molar-refractivity contribution >= 4 is 17.9 Å². The van der Waals surface area contributed by atoms with E-state index < -0.39 is 6.10 Å². The van der Waals surface area contributed by atoms with Crippen LogP contribution in [0.4, 0.5) is 0 Å². The first-order valence-electron chi connectivity index (χ1n) is 14.2. The number of carbonyl (C=O) groups excluding carboxylic acids is 3. The Hall–Kier alpha value is -1.85. The van der Waals surface area contributed by atoms with Crippen LogP contribution in [0.25, 0.3) is 0 Å². The lowest BCUT2D eigenvalue weighted by atomic mass is 10.1. The molecule has 0 rings (SSSR count). The Morgan fingerprint density at radius 2 is 1.00 bits per heavy atom.